The average molecular weight is 307 g/mol. The molecule has 1 saturated heterocycles. The van der Waals surface area contributed by atoms with Crippen LogP contribution in [0.15, 0.2) is 29.6 Å². The molecule has 0 bridgehead atoms. The zero-order valence-electron chi connectivity index (χ0n) is 11.3. The van der Waals surface area contributed by atoms with E-state index in [0.29, 0.717) is 0 Å². The van der Waals surface area contributed by atoms with Gasteiger partial charge in [-0.05, 0) is 43.3 Å². The molecule has 0 saturated carbocycles. The van der Waals surface area contributed by atoms with E-state index in [0.717, 1.165) is 19.4 Å². The third kappa shape index (κ3) is 2.53. The highest BCUT2D eigenvalue weighted by molar-refractivity contribution is 7.12. The molecule has 2 aromatic heterocycles. The first-order valence-corrected chi connectivity index (χ1v) is 8.44. The molecule has 3 heterocycles. The lowest BCUT2D eigenvalue weighted by atomic mass is 10.1. The Balaban J connectivity index is 2.00. The van der Waals surface area contributed by atoms with E-state index in [4.69, 9.17) is 0 Å². The number of aryl methyl sites for hydroxylation is 1. The summed E-state index contributed by atoms with van der Waals surface area (Å²) >= 11 is 3.47. The van der Waals surface area contributed by atoms with E-state index in [2.05, 4.69) is 35.4 Å². The van der Waals surface area contributed by atoms with Gasteiger partial charge in [-0.25, -0.2) is 0 Å². The van der Waals surface area contributed by atoms with Gasteiger partial charge in [0.15, 0.2) is 0 Å². The van der Waals surface area contributed by atoms with Crippen molar-refractivity contribution in [2.45, 2.75) is 31.8 Å². The summed E-state index contributed by atoms with van der Waals surface area (Å²) in [7, 11) is 0. The van der Waals surface area contributed by atoms with Gasteiger partial charge in [0.2, 0.25) is 0 Å². The minimum Gasteiger partial charge on any atom is -0.480 e. The second-order valence-corrected chi connectivity index (χ2v) is 7.40. The van der Waals surface area contributed by atoms with Crippen LogP contribution in [-0.2, 0) is 4.79 Å². The summed E-state index contributed by atoms with van der Waals surface area (Å²) in [5.41, 5.74) is 0. The second-order valence-electron chi connectivity index (χ2n) is 5.10. The van der Waals surface area contributed by atoms with Crippen molar-refractivity contribution in [3.8, 4) is 0 Å². The number of aliphatic carboxylic acids is 1. The highest BCUT2D eigenvalue weighted by Crippen LogP contribution is 2.39. The molecule has 2 aromatic rings. The van der Waals surface area contributed by atoms with E-state index in [9.17, 15) is 9.90 Å². The van der Waals surface area contributed by atoms with Crippen LogP contribution >= 0.6 is 22.7 Å². The Morgan fingerprint density at radius 3 is 2.85 bits per heavy atom. The van der Waals surface area contributed by atoms with E-state index in [1.54, 1.807) is 22.7 Å². The average Bonchev–Trinajstić information content (AvgIpc) is 3.12. The van der Waals surface area contributed by atoms with Crippen molar-refractivity contribution in [2.75, 3.05) is 6.54 Å². The predicted molar refractivity (Wildman–Crippen MR) is 82.6 cm³/mol. The summed E-state index contributed by atoms with van der Waals surface area (Å²) in [6.07, 6.45) is 1.71. The Hall–Kier alpha value is -1.17. The summed E-state index contributed by atoms with van der Waals surface area (Å²) < 4.78 is 0. The zero-order valence-corrected chi connectivity index (χ0v) is 12.9. The molecule has 106 valence electrons. The Bertz CT molecular complexity index is 591. The highest BCUT2D eigenvalue weighted by Gasteiger charge is 2.37. The van der Waals surface area contributed by atoms with Gasteiger partial charge in [-0.15, -0.1) is 22.7 Å². The molecule has 3 rings (SSSR count). The van der Waals surface area contributed by atoms with Crippen LogP contribution in [0.4, 0.5) is 0 Å². The molecule has 1 N–H and O–H groups in total. The van der Waals surface area contributed by atoms with Crippen LogP contribution in [0.5, 0.6) is 0 Å². The number of likely N-dealkylation sites (tertiary alicyclic amines) is 1. The zero-order chi connectivity index (χ0) is 14.1. The molecule has 0 aliphatic carbocycles. The van der Waals surface area contributed by atoms with Gasteiger partial charge < -0.3 is 5.11 Å². The molecule has 1 aliphatic rings. The predicted octanol–water partition coefficient (Wildman–Crippen LogP) is 3.76. The van der Waals surface area contributed by atoms with Crippen molar-refractivity contribution in [1.82, 2.24) is 4.90 Å². The molecule has 20 heavy (non-hydrogen) atoms. The quantitative estimate of drug-likeness (QED) is 0.935. The molecular formula is C15H17NO2S2. The monoisotopic (exact) mass is 307 g/mol. The van der Waals surface area contributed by atoms with Gasteiger partial charge in [-0.1, -0.05) is 6.07 Å². The second kappa shape index (κ2) is 5.68. The smallest absolute Gasteiger partial charge is 0.320 e. The number of thiophene rings is 2. The molecular weight excluding hydrogens is 290 g/mol. The van der Waals surface area contributed by atoms with Crippen LogP contribution in [0.3, 0.4) is 0 Å². The molecule has 0 radical (unpaired) electrons. The van der Waals surface area contributed by atoms with Crippen LogP contribution in [0, 0.1) is 6.92 Å². The molecule has 2 unspecified atom stereocenters. The summed E-state index contributed by atoms with van der Waals surface area (Å²) in [6.45, 7) is 2.95. The standard InChI is InChI=1S/C15H17NO2S2/c1-10-6-7-13(20-10)14(12-5-3-9-19-12)16-8-2-4-11(16)15(17)18/h3,5-7,9,11,14H,2,4,8H2,1H3,(H,17,18). The number of carboxylic acids is 1. The fraction of sp³-hybridized carbons (Fsp3) is 0.400. The van der Waals surface area contributed by atoms with Crippen molar-refractivity contribution < 1.29 is 9.90 Å². The SMILES string of the molecule is Cc1ccc(C(c2cccs2)N2CCCC2C(=O)O)s1. The van der Waals surface area contributed by atoms with E-state index < -0.39 is 5.97 Å². The molecule has 0 spiro atoms. The number of hydrogen-bond acceptors (Lipinski definition) is 4. The van der Waals surface area contributed by atoms with Crippen molar-refractivity contribution >= 4 is 28.6 Å². The number of carbonyl (C=O) groups is 1. The van der Waals surface area contributed by atoms with E-state index in [1.165, 1.54) is 14.6 Å². The minimum atomic E-state index is -0.697. The van der Waals surface area contributed by atoms with Gasteiger partial charge in [0.05, 0.1) is 6.04 Å². The molecule has 5 heteroatoms. The molecule has 3 nitrogen and oxygen atoms in total. The number of carboxylic acid groups (broad SMARTS) is 1. The highest BCUT2D eigenvalue weighted by atomic mass is 32.1. The van der Waals surface area contributed by atoms with Crippen molar-refractivity contribution in [1.29, 1.82) is 0 Å². The fourth-order valence-corrected chi connectivity index (χ4v) is 4.83. The third-order valence-electron chi connectivity index (χ3n) is 3.75. The molecule has 0 amide bonds. The first kappa shape index (κ1) is 13.8. The first-order chi connectivity index (χ1) is 9.66. The van der Waals surface area contributed by atoms with Crippen molar-refractivity contribution in [2.24, 2.45) is 0 Å². The van der Waals surface area contributed by atoms with E-state index in [-0.39, 0.29) is 12.1 Å². The van der Waals surface area contributed by atoms with E-state index >= 15 is 0 Å². The number of rotatable bonds is 4. The minimum absolute atomic E-state index is 0.0947. The van der Waals surface area contributed by atoms with Crippen molar-refractivity contribution in [3.63, 3.8) is 0 Å². The maximum atomic E-state index is 11.5. The number of hydrogen-bond donors (Lipinski definition) is 1. The summed E-state index contributed by atoms with van der Waals surface area (Å²) in [6, 6.07) is 8.15. The topological polar surface area (TPSA) is 40.5 Å². The normalized spacial score (nSPS) is 21.1. The van der Waals surface area contributed by atoms with Crippen LogP contribution in [0.1, 0.15) is 33.5 Å². The maximum absolute atomic E-state index is 11.5. The Labute approximate surface area is 126 Å². The third-order valence-corrected chi connectivity index (χ3v) is 5.73. The molecule has 1 fully saturated rings. The van der Waals surface area contributed by atoms with Gasteiger partial charge in [0, 0.05) is 21.2 Å². The Morgan fingerprint density at radius 2 is 2.25 bits per heavy atom. The lowest BCUT2D eigenvalue weighted by molar-refractivity contribution is -0.142. The van der Waals surface area contributed by atoms with Gasteiger partial charge in [-0.2, -0.15) is 0 Å². The molecule has 2 atom stereocenters. The summed E-state index contributed by atoms with van der Waals surface area (Å²) in [4.78, 5) is 17.4. The number of nitrogens with zero attached hydrogens (tertiary/aromatic N) is 1. The largest absolute Gasteiger partial charge is 0.480 e. The van der Waals surface area contributed by atoms with E-state index in [1.807, 2.05) is 6.07 Å². The lowest BCUT2D eigenvalue weighted by Gasteiger charge is -2.29. The summed E-state index contributed by atoms with van der Waals surface area (Å²) in [5, 5.41) is 11.5. The van der Waals surface area contributed by atoms with Gasteiger partial charge in [0.1, 0.15) is 6.04 Å². The van der Waals surface area contributed by atoms with Gasteiger partial charge in [0.25, 0.3) is 0 Å². The van der Waals surface area contributed by atoms with Gasteiger partial charge in [-0.3, -0.25) is 9.69 Å². The van der Waals surface area contributed by atoms with Crippen molar-refractivity contribution in [3.05, 3.63) is 44.3 Å². The first-order valence-electron chi connectivity index (χ1n) is 6.75. The fourth-order valence-electron chi connectivity index (χ4n) is 2.88. The lowest BCUT2D eigenvalue weighted by Crippen LogP contribution is -2.38. The van der Waals surface area contributed by atoms with Crippen LogP contribution < -0.4 is 0 Å². The summed E-state index contributed by atoms with van der Waals surface area (Å²) in [5.74, 6) is -0.697. The van der Waals surface area contributed by atoms with Gasteiger partial charge >= 0.3 is 5.97 Å². The Kier molecular flexibility index (Phi) is 3.92. The van der Waals surface area contributed by atoms with Crippen LogP contribution in [0.25, 0.3) is 0 Å². The van der Waals surface area contributed by atoms with Crippen LogP contribution in [0.2, 0.25) is 0 Å². The van der Waals surface area contributed by atoms with Crippen LogP contribution in [-0.4, -0.2) is 28.6 Å². The molecule has 1 aliphatic heterocycles. The Morgan fingerprint density at radius 1 is 1.40 bits per heavy atom. The maximum Gasteiger partial charge on any atom is 0.320 e. The molecule has 0 aromatic carbocycles.